The lowest BCUT2D eigenvalue weighted by Gasteiger charge is -2.14. The van der Waals surface area contributed by atoms with Gasteiger partial charge in [-0.05, 0) is 36.7 Å². The molecule has 3 atom stereocenters. The summed E-state index contributed by atoms with van der Waals surface area (Å²) in [5.74, 6) is 1.81. The summed E-state index contributed by atoms with van der Waals surface area (Å²) >= 11 is 0. The molecule has 15 heavy (non-hydrogen) atoms. The highest BCUT2D eigenvalue weighted by atomic mass is 19.1. The Balaban J connectivity index is 1.81. The predicted octanol–water partition coefficient (Wildman–Crippen LogP) is 2.27. The molecule has 0 aliphatic heterocycles. The van der Waals surface area contributed by atoms with Crippen LogP contribution in [0.4, 0.5) is 4.39 Å². The van der Waals surface area contributed by atoms with Crippen molar-refractivity contribution in [2.45, 2.75) is 25.3 Å². The first-order valence-electron chi connectivity index (χ1n) is 5.64. The topological polar surface area (TPSA) is 38.9 Å². The van der Waals surface area contributed by atoms with Gasteiger partial charge in [0.15, 0.2) is 0 Å². The van der Waals surface area contributed by atoms with E-state index in [4.69, 9.17) is 5.73 Å². The van der Waals surface area contributed by atoms with Gasteiger partial charge in [-0.2, -0.15) is 0 Å². The van der Waals surface area contributed by atoms with Crippen molar-refractivity contribution in [3.8, 4) is 0 Å². The maximum absolute atomic E-state index is 13.5. The minimum atomic E-state index is -0.255. The molecule has 3 heteroatoms. The molecule has 1 heterocycles. The average molecular weight is 206 g/mol. The zero-order valence-electron chi connectivity index (χ0n) is 8.57. The van der Waals surface area contributed by atoms with Gasteiger partial charge in [0.05, 0.1) is 6.20 Å². The second kappa shape index (κ2) is 3.27. The normalized spacial score (nSPS) is 34.9. The third-order valence-electron chi connectivity index (χ3n) is 4.05. The number of aromatic nitrogens is 1. The maximum Gasteiger partial charge on any atom is 0.146 e. The largest absolute Gasteiger partial charge is 0.324 e. The van der Waals surface area contributed by atoms with E-state index >= 15 is 0 Å². The third kappa shape index (κ3) is 1.37. The minimum Gasteiger partial charge on any atom is -0.324 e. The van der Waals surface area contributed by atoms with Gasteiger partial charge in [-0.3, -0.25) is 4.98 Å². The molecule has 0 amide bonds. The highest BCUT2D eigenvalue weighted by molar-refractivity contribution is 5.22. The molecular formula is C12H15FN2. The van der Waals surface area contributed by atoms with Gasteiger partial charge in [0.2, 0.25) is 0 Å². The number of hydrogen-bond donors (Lipinski definition) is 1. The molecule has 0 spiro atoms. The van der Waals surface area contributed by atoms with E-state index in [9.17, 15) is 4.39 Å². The molecule has 3 rings (SSSR count). The van der Waals surface area contributed by atoms with E-state index in [1.165, 1.54) is 25.5 Å². The fraction of sp³-hybridized carbons (Fsp3) is 0.583. The Labute approximate surface area is 88.7 Å². The number of nitrogens with two attached hydrogens (primary N) is 1. The Kier molecular flexibility index (Phi) is 2.02. The lowest BCUT2D eigenvalue weighted by molar-refractivity contribution is 0.478. The van der Waals surface area contributed by atoms with Gasteiger partial charge >= 0.3 is 0 Å². The lowest BCUT2D eigenvalue weighted by Crippen LogP contribution is -2.17. The van der Waals surface area contributed by atoms with E-state index in [1.807, 2.05) is 0 Å². The van der Waals surface area contributed by atoms with Crippen LogP contribution in [0.2, 0.25) is 0 Å². The van der Waals surface area contributed by atoms with Crippen LogP contribution in [0, 0.1) is 23.6 Å². The summed E-state index contributed by atoms with van der Waals surface area (Å²) in [5.41, 5.74) is 6.77. The molecular weight excluding hydrogens is 191 g/mol. The summed E-state index contributed by atoms with van der Waals surface area (Å²) in [6.07, 6.45) is 6.78. The molecule has 0 saturated heterocycles. The molecule has 0 aromatic carbocycles. The molecule has 2 N–H and O–H groups in total. The summed E-state index contributed by atoms with van der Waals surface area (Å²) in [7, 11) is 0. The molecule has 2 nitrogen and oxygen atoms in total. The van der Waals surface area contributed by atoms with Gasteiger partial charge in [0, 0.05) is 17.8 Å². The van der Waals surface area contributed by atoms with Crippen molar-refractivity contribution in [1.82, 2.24) is 4.98 Å². The quantitative estimate of drug-likeness (QED) is 0.806. The van der Waals surface area contributed by atoms with Crippen LogP contribution < -0.4 is 5.73 Å². The number of nitrogens with zero attached hydrogens (tertiary/aromatic N) is 1. The summed E-state index contributed by atoms with van der Waals surface area (Å²) in [6.45, 7) is 0. The standard InChI is InChI=1S/C12H15FN2/c13-10-6-15-5-4-9(10)12(14)11-7-2-1-3-8(7)11/h4-8,11-12H,1-3,14H2. The van der Waals surface area contributed by atoms with Crippen molar-refractivity contribution in [1.29, 1.82) is 0 Å². The molecule has 0 bridgehead atoms. The fourth-order valence-electron chi connectivity index (χ4n) is 3.27. The maximum atomic E-state index is 13.5. The monoisotopic (exact) mass is 206 g/mol. The zero-order chi connectivity index (χ0) is 10.4. The van der Waals surface area contributed by atoms with Crippen LogP contribution in [0.3, 0.4) is 0 Å². The minimum absolute atomic E-state index is 0.122. The van der Waals surface area contributed by atoms with Crippen LogP contribution in [0.15, 0.2) is 18.5 Å². The van der Waals surface area contributed by atoms with E-state index in [0.717, 1.165) is 11.8 Å². The van der Waals surface area contributed by atoms with E-state index in [2.05, 4.69) is 4.98 Å². The van der Waals surface area contributed by atoms with Gasteiger partial charge in [-0.25, -0.2) is 4.39 Å². The van der Waals surface area contributed by atoms with Gasteiger partial charge in [-0.15, -0.1) is 0 Å². The van der Waals surface area contributed by atoms with Crippen LogP contribution in [-0.4, -0.2) is 4.98 Å². The van der Waals surface area contributed by atoms with Gasteiger partial charge in [-0.1, -0.05) is 6.42 Å². The Hall–Kier alpha value is -0.960. The highest BCUT2D eigenvalue weighted by Crippen LogP contribution is 2.61. The first-order chi connectivity index (χ1) is 7.29. The summed E-state index contributed by atoms with van der Waals surface area (Å²) in [6, 6.07) is 1.59. The molecule has 2 aliphatic rings. The lowest BCUT2D eigenvalue weighted by atomic mass is 9.98. The number of pyridine rings is 1. The number of halogens is 1. The second-order valence-corrected chi connectivity index (χ2v) is 4.76. The van der Waals surface area contributed by atoms with Crippen LogP contribution in [0.25, 0.3) is 0 Å². The number of fused-ring (bicyclic) bond motifs is 1. The van der Waals surface area contributed by atoms with Crippen molar-refractivity contribution < 1.29 is 4.39 Å². The molecule has 1 aromatic heterocycles. The number of hydrogen-bond acceptors (Lipinski definition) is 2. The first kappa shape index (κ1) is 9.28. The van der Waals surface area contributed by atoms with Crippen molar-refractivity contribution in [2.24, 2.45) is 23.5 Å². The Morgan fingerprint density at radius 3 is 2.80 bits per heavy atom. The number of rotatable bonds is 2. The third-order valence-corrected chi connectivity index (χ3v) is 4.05. The van der Waals surface area contributed by atoms with Gasteiger partial charge in [0.1, 0.15) is 5.82 Å². The molecule has 2 fully saturated rings. The molecule has 2 aliphatic carbocycles. The van der Waals surface area contributed by atoms with Crippen molar-refractivity contribution in [2.75, 3.05) is 0 Å². The average Bonchev–Trinajstić information content (AvgIpc) is 2.72. The Bertz CT molecular complexity index is 370. The first-order valence-corrected chi connectivity index (χ1v) is 5.64. The van der Waals surface area contributed by atoms with Crippen LogP contribution in [-0.2, 0) is 0 Å². The van der Waals surface area contributed by atoms with Gasteiger partial charge < -0.3 is 5.73 Å². The van der Waals surface area contributed by atoms with Crippen LogP contribution in [0.5, 0.6) is 0 Å². The highest BCUT2D eigenvalue weighted by Gasteiger charge is 2.55. The van der Waals surface area contributed by atoms with Gasteiger partial charge in [0.25, 0.3) is 0 Å². The zero-order valence-corrected chi connectivity index (χ0v) is 8.57. The van der Waals surface area contributed by atoms with E-state index < -0.39 is 0 Å². The molecule has 3 unspecified atom stereocenters. The van der Waals surface area contributed by atoms with Crippen molar-refractivity contribution in [3.05, 3.63) is 29.8 Å². The van der Waals surface area contributed by atoms with Crippen LogP contribution in [0.1, 0.15) is 30.9 Å². The molecule has 1 aromatic rings. The summed E-state index contributed by atoms with van der Waals surface area (Å²) in [5, 5.41) is 0. The summed E-state index contributed by atoms with van der Waals surface area (Å²) in [4.78, 5) is 3.75. The van der Waals surface area contributed by atoms with Crippen molar-refractivity contribution in [3.63, 3.8) is 0 Å². The fourth-order valence-corrected chi connectivity index (χ4v) is 3.27. The van der Waals surface area contributed by atoms with Crippen molar-refractivity contribution >= 4 is 0 Å². The van der Waals surface area contributed by atoms with E-state index in [-0.39, 0.29) is 11.9 Å². The molecule has 80 valence electrons. The molecule has 0 radical (unpaired) electrons. The Morgan fingerprint density at radius 2 is 2.13 bits per heavy atom. The smallest absolute Gasteiger partial charge is 0.146 e. The Morgan fingerprint density at radius 1 is 1.40 bits per heavy atom. The van der Waals surface area contributed by atoms with E-state index in [0.29, 0.717) is 11.5 Å². The second-order valence-electron chi connectivity index (χ2n) is 4.76. The predicted molar refractivity (Wildman–Crippen MR) is 55.4 cm³/mol. The summed E-state index contributed by atoms with van der Waals surface area (Å²) < 4.78 is 13.5. The van der Waals surface area contributed by atoms with Crippen LogP contribution >= 0.6 is 0 Å². The SMILES string of the molecule is NC(c1ccncc1F)C1C2CCCC21. The van der Waals surface area contributed by atoms with E-state index in [1.54, 1.807) is 12.3 Å². The molecule has 2 saturated carbocycles.